The summed E-state index contributed by atoms with van der Waals surface area (Å²) >= 11 is 0. The van der Waals surface area contributed by atoms with Gasteiger partial charge in [0.2, 0.25) is 0 Å². The molecule has 0 spiro atoms. The molecule has 1 aliphatic heterocycles. The van der Waals surface area contributed by atoms with Gasteiger partial charge in [0.15, 0.2) is 6.04 Å². The highest BCUT2D eigenvalue weighted by atomic mass is 15.3. The largest absolute Gasteiger partial charge is 0.358 e. The lowest BCUT2D eigenvalue weighted by Crippen LogP contribution is -3.27. The monoisotopic (exact) mass is 322 g/mol. The number of hydrogen-bond acceptors (Lipinski definition) is 1. The second kappa shape index (κ2) is 6.38. The number of rotatable bonds is 3. The van der Waals surface area contributed by atoms with Crippen molar-refractivity contribution < 1.29 is 9.80 Å². The number of piperazine rings is 1. The number of nitrogens with zero attached hydrogens (tertiary/aromatic N) is 1. The quantitative estimate of drug-likeness (QED) is 0.641. The Morgan fingerprint density at radius 1 is 1.00 bits per heavy atom. The van der Waals surface area contributed by atoms with Crippen molar-refractivity contribution in [1.82, 2.24) is 9.97 Å². The maximum absolute atomic E-state index is 4.74. The minimum absolute atomic E-state index is 0.301. The number of H-pyrrole nitrogens is 1. The lowest BCUT2D eigenvalue weighted by molar-refractivity contribution is -1.02. The standard InChI is InChI=1S/C20H24N4/c1-15-19(16-7-3-4-8-17(16)22-15)20(18-9-5-6-10-21-18)24-13-11-23(2)12-14-24/h3-10,20,22H,11-14H2,1-2H3/p+2/t20-/m1/s1. The smallest absolute Gasteiger partial charge is 0.159 e. The average molecular weight is 322 g/mol. The molecule has 1 atom stereocenters. The number of hydrogen-bond donors (Lipinski definition) is 3. The Morgan fingerprint density at radius 2 is 1.75 bits per heavy atom. The van der Waals surface area contributed by atoms with Crippen LogP contribution in [-0.2, 0) is 0 Å². The summed E-state index contributed by atoms with van der Waals surface area (Å²) in [5.74, 6) is 0. The summed E-state index contributed by atoms with van der Waals surface area (Å²) in [7, 11) is 2.30. The van der Waals surface area contributed by atoms with E-state index in [-0.39, 0.29) is 0 Å². The maximum Gasteiger partial charge on any atom is 0.159 e. The van der Waals surface area contributed by atoms with Crippen molar-refractivity contribution in [2.24, 2.45) is 0 Å². The van der Waals surface area contributed by atoms with Gasteiger partial charge < -0.3 is 14.8 Å². The molecule has 0 unspecified atom stereocenters. The number of para-hydroxylation sites is 1. The third kappa shape index (κ3) is 2.72. The SMILES string of the molecule is Cc1[nH]c2ccccc2c1[C@@H](c1ccccn1)[NH+]1CC[NH+](C)CC1. The van der Waals surface area contributed by atoms with Gasteiger partial charge in [-0.05, 0) is 25.1 Å². The van der Waals surface area contributed by atoms with Crippen LogP contribution in [0.25, 0.3) is 10.9 Å². The Hall–Kier alpha value is -2.17. The maximum atomic E-state index is 4.74. The first kappa shape index (κ1) is 15.4. The molecular formula is C20H26N4+2. The van der Waals surface area contributed by atoms with E-state index in [9.17, 15) is 0 Å². The first-order chi connectivity index (χ1) is 11.7. The fourth-order valence-corrected chi connectivity index (χ4v) is 4.06. The van der Waals surface area contributed by atoms with Gasteiger partial charge in [-0.3, -0.25) is 4.98 Å². The summed E-state index contributed by atoms with van der Waals surface area (Å²) in [6.45, 7) is 7.02. The van der Waals surface area contributed by atoms with Gasteiger partial charge in [-0.1, -0.05) is 24.3 Å². The third-order valence-electron chi connectivity index (χ3n) is 5.37. The molecule has 4 rings (SSSR count). The van der Waals surface area contributed by atoms with Gasteiger partial charge in [-0.15, -0.1) is 0 Å². The molecule has 124 valence electrons. The van der Waals surface area contributed by atoms with E-state index >= 15 is 0 Å². The van der Waals surface area contributed by atoms with Gasteiger partial charge in [0.1, 0.15) is 31.9 Å². The van der Waals surface area contributed by atoms with E-state index in [2.05, 4.69) is 55.4 Å². The van der Waals surface area contributed by atoms with Crippen molar-refractivity contribution in [3.63, 3.8) is 0 Å². The summed E-state index contributed by atoms with van der Waals surface area (Å²) in [6.07, 6.45) is 1.92. The van der Waals surface area contributed by atoms with Crippen molar-refractivity contribution in [3.8, 4) is 0 Å². The molecule has 3 heterocycles. The first-order valence-electron chi connectivity index (χ1n) is 8.88. The number of fused-ring (bicyclic) bond motifs is 1. The summed E-state index contributed by atoms with van der Waals surface area (Å²) in [5.41, 5.74) is 5.09. The Bertz CT molecular complexity index is 816. The molecule has 1 fully saturated rings. The Kier molecular flexibility index (Phi) is 4.08. The van der Waals surface area contributed by atoms with E-state index in [0.29, 0.717) is 6.04 Å². The second-order valence-electron chi connectivity index (χ2n) is 7.01. The molecule has 2 aromatic heterocycles. The molecule has 1 aromatic carbocycles. The molecule has 3 N–H and O–H groups in total. The van der Waals surface area contributed by atoms with Gasteiger partial charge in [-0.2, -0.15) is 0 Å². The number of aromatic amines is 1. The van der Waals surface area contributed by atoms with Crippen LogP contribution in [0.4, 0.5) is 0 Å². The van der Waals surface area contributed by atoms with Crippen molar-refractivity contribution >= 4 is 10.9 Å². The molecule has 3 aromatic rings. The van der Waals surface area contributed by atoms with E-state index in [1.807, 2.05) is 12.3 Å². The number of likely N-dealkylation sites (N-methyl/N-ethyl adjacent to an activating group) is 1. The van der Waals surface area contributed by atoms with Crippen LogP contribution in [0, 0.1) is 6.92 Å². The van der Waals surface area contributed by atoms with Crippen LogP contribution in [-0.4, -0.2) is 43.2 Å². The summed E-state index contributed by atoms with van der Waals surface area (Å²) in [4.78, 5) is 11.6. The third-order valence-corrected chi connectivity index (χ3v) is 5.37. The number of benzene rings is 1. The minimum Gasteiger partial charge on any atom is -0.358 e. The Morgan fingerprint density at radius 3 is 2.50 bits per heavy atom. The fourth-order valence-electron chi connectivity index (χ4n) is 4.06. The predicted octanol–water partition coefficient (Wildman–Crippen LogP) is 0.374. The van der Waals surface area contributed by atoms with Crippen LogP contribution < -0.4 is 9.80 Å². The fraction of sp³-hybridized carbons (Fsp3) is 0.350. The van der Waals surface area contributed by atoms with E-state index in [1.165, 1.54) is 54.0 Å². The topological polar surface area (TPSA) is 37.6 Å². The molecule has 4 heteroatoms. The summed E-state index contributed by atoms with van der Waals surface area (Å²) < 4.78 is 0. The molecule has 4 nitrogen and oxygen atoms in total. The van der Waals surface area contributed by atoms with Crippen LogP contribution in [0.2, 0.25) is 0 Å². The first-order valence-corrected chi connectivity index (χ1v) is 8.88. The number of aromatic nitrogens is 2. The van der Waals surface area contributed by atoms with E-state index in [4.69, 9.17) is 4.98 Å². The van der Waals surface area contributed by atoms with Crippen LogP contribution >= 0.6 is 0 Å². The molecule has 0 aliphatic carbocycles. The molecular weight excluding hydrogens is 296 g/mol. The Balaban J connectivity index is 1.84. The molecule has 0 saturated carbocycles. The van der Waals surface area contributed by atoms with Crippen molar-refractivity contribution in [2.75, 3.05) is 33.2 Å². The Labute approximate surface area is 143 Å². The molecule has 0 bridgehead atoms. The predicted molar refractivity (Wildman–Crippen MR) is 96.4 cm³/mol. The van der Waals surface area contributed by atoms with E-state index in [1.54, 1.807) is 9.80 Å². The van der Waals surface area contributed by atoms with Crippen LogP contribution in [0.3, 0.4) is 0 Å². The molecule has 1 aliphatic rings. The zero-order valence-electron chi connectivity index (χ0n) is 14.5. The highest BCUT2D eigenvalue weighted by molar-refractivity contribution is 5.85. The van der Waals surface area contributed by atoms with Gasteiger partial charge >= 0.3 is 0 Å². The zero-order valence-corrected chi connectivity index (χ0v) is 14.5. The molecule has 0 amide bonds. The molecule has 1 saturated heterocycles. The lowest BCUT2D eigenvalue weighted by Gasteiger charge is -2.33. The molecule has 24 heavy (non-hydrogen) atoms. The van der Waals surface area contributed by atoms with Gasteiger partial charge in [0.05, 0.1) is 7.05 Å². The summed E-state index contributed by atoms with van der Waals surface area (Å²) in [5, 5.41) is 1.34. The van der Waals surface area contributed by atoms with Crippen LogP contribution in [0.15, 0.2) is 48.7 Å². The van der Waals surface area contributed by atoms with Crippen molar-refractivity contribution in [2.45, 2.75) is 13.0 Å². The molecule has 0 radical (unpaired) electrons. The lowest BCUT2D eigenvalue weighted by atomic mass is 9.97. The van der Waals surface area contributed by atoms with Gasteiger partial charge in [0, 0.05) is 28.4 Å². The van der Waals surface area contributed by atoms with Crippen molar-refractivity contribution in [1.29, 1.82) is 0 Å². The highest BCUT2D eigenvalue weighted by Crippen LogP contribution is 2.29. The highest BCUT2D eigenvalue weighted by Gasteiger charge is 2.34. The second-order valence-corrected chi connectivity index (χ2v) is 7.01. The number of nitrogens with one attached hydrogen (secondary N) is 3. The summed E-state index contributed by atoms with van der Waals surface area (Å²) in [6, 6.07) is 15.3. The van der Waals surface area contributed by atoms with Gasteiger partial charge in [-0.25, -0.2) is 0 Å². The number of pyridine rings is 1. The van der Waals surface area contributed by atoms with E-state index < -0.39 is 0 Å². The zero-order chi connectivity index (χ0) is 16.5. The van der Waals surface area contributed by atoms with Crippen LogP contribution in [0.1, 0.15) is 23.0 Å². The average Bonchev–Trinajstić information content (AvgIpc) is 2.94. The minimum atomic E-state index is 0.301. The normalized spacial score (nSPS) is 22.6. The number of quaternary nitrogens is 2. The van der Waals surface area contributed by atoms with E-state index in [0.717, 1.165) is 0 Å². The van der Waals surface area contributed by atoms with Gasteiger partial charge in [0.25, 0.3) is 0 Å². The van der Waals surface area contributed by atoms with Crippen LogP contribution in [0.5, 0.6) is 0 Å². The number of aryl methyl sites for hydroxylation is 1. The van der Waals surface area contributed by atoms with Crippen molar-refractivity contribution in [3.05, 3.63) is 65.6 Å².